The Balaban J connectivity index is 2.17. The minimum absolute atomic E-state index is 0.790. The van der Waals surface area contributed by atoms with E-state index < -0.39 is 0 Å². The Morgan fingerprint density at radius 1 is 0.909 bits per heavy atom. The number of unbranched alkanes of at least 4 members (excludes halogenated alkanes) is 9. The van der Waals surface area contributed by atoms with Gasteiger partial charge in [0.05, 0.1) is 0 Å². The largest absolute Gasteiger partial charge is 0.0996 e. The van der Waals surface area contributed by atoms with Gasteiger partial charge in [0.2, 0.25) is 0 Å². The van der Waals surface area contributed by atoms with E-state index in [4.69, 9.17) is 0 Å². The summed E-state index contributed by atoms with van der Waals surface area (Å²) >= 11 is 0. The second kappa shape index (κ2) is 13.0. The molecule has 2 unspecified atom stereocenters. The standard InChI is InChI=1S/C22H40/c1-4-6-8-10-11-13-15-17-22-20(3)18-19-21(22)16-14-12-9-7-5-2/h14,16,21-22H,3-13,15,17-19H2,1-2H3/b16-14+. The molecule has 0 radical (unpaired) electrons. The Morgan fingerprint density at radius 3 is 2.27 bits per heavy atom. The van der Waals surface area contributed by atoms with Gasteiger partial charge in [-0.3, -0.25) is 0 Å². The van der Waals surface area contributed by atoms with Gasteiger partial charge in [-0.2, -0.15) is 0 Å². The Hall–Kier alpha value is -0.520. The molecule has 1 saturated carbocycles. The smallest absolute Gasteiger partial charge is 0.0143 e. The van der Waals surface area contributed by atoms with Crippen LogP contribution in [0.25, 0.3) is 0 Å². The van der Waals surface area contributed by atoms with Gasteiger partial charge in [0.25, 0.3) is 0 Å². The van der Waals surface area contributed by atoms with Crippen LogP contribution >= 0.6 is 0 Å². The monoisotopic (exact) mass is 304 g/mol. The van der Waals surface area contributed by atoms with Crippen molar-refractivity contribution in [1.82, 2.24) is 0 Å². The van der Waals surface area contributed by atoms with Crippen molar-refractivity contribution >= 4 is 0 Å². The zero-order valence-electron chi connectivity index (χ0n) is 15.4. The summed E-state index contributed by atoms with van der Waals surface area (Å²) in [6, 6.07) is 0. The van der Waals surface area contributed by atoms with Crippen molar-refractivity contribution in [2.45, 2.75) is 104 Å². The van der Waals surface area contributed by atoms with E-state index in [1.165, 1.54) is 95.5 Å². The Labute approximate surface area is 140 Å². The van der Waals surface area contributed by atoms with E-state index in [-0.39, 0.29) is 0 Å². The second-order valence-electron chi connectivity index (χ2n) is 7.30. The molecule has 0 bridgehead atoms. The fraction of sp³-hybridized carbons (Fsp3) is 0.818. The van der Waals surface area contributed by atoms with Crippen LogP contribution in [-0.2, 0) is 0 Å². The first-order chi connectivity index (χ1) is 10.8. The molecule has 1 rings (SSSR count). The van der Waals surface area contributed by atoms with Crippen molar-refractivity contribution in [2.75, 3.05) is 0 Å². The summed E-state index contributed by atoms with van der Waals surface area (Å²) in [7, 11) is 0. The predicted molar refractivity (Wildman–Crippen MR) is 101 cm³/mol. The van der Waals surface area contributed by atoms with E-state index in [1.807, 2.05) is 0 Å². The van der Waals surface area contributed by atoms with E-state index in [0.29, 0.717) is 0 Å². The van der Waals surface area contributed by atoms with Gasteiger partial charge >= 0.3 is 0 Å². The van der Waals surface area contributed by atoms with Gasteiger partial charge in [0.15, 0.2) is 0 Å². The minimum Gasteiger partial charge on any atom is -0.0996 e. The van der Waals surface area contributed by atoms with E-state index in [1.54, 1.807) is 0 Å². The van der Waals surface area contributed by atoms with Crippen LogP contribution in [0.15, 0.2) is 24.3 Å². The summed E-state index contributed by atoms with van der Waals surface area (Å²) in [6.45, 7) is 8.92. The van der Waals surface area contributed by atoms with Crippen molar-refractivity contribution in [3.05, 3.63) is 24.3 Å². The second-order valence-corrected chi connectivity index (χ2v) is 7.30. The van der Waals surface area contributed by atoms with Gasteiger partial charge in [-0.15, -0.1) is 0 Å². The summed E-state index contributed by atoms with van der Waals surface area (Å²) in [5, 5.41) is 0. The van der Waals surface area contributed by atoms with Crippen LogP contribution < -0.4 is 0 Å². The Kier molecular flexibility index (Phi) is 11.5. The van der Waals surface area contributed by atoms with Gasteiger partial charge in [-0.25, -0.2) is 0 Å². The van der Waals surface area contributed by atoms with E-state index in [0.717, 1.165) is 11.8 Å². The highest BCUT2D eigenvalue weighted by Gasteiger charge is 2.27. The van der Waals surface area contributed by atoms with E-state index in [2.05, 4.69) is 32.6 Å². The fourth-order valence-electron chi connectivity index (χ4n) is 3.79. The zero-order chi connectivity index (χ0) is 16.0. The molecular formula is C22H40. The first-order valence-corrected chi connectivity index (χ1v) is 10.1. The molecule has 0 heteroatoms. The van der Waals surface area contributed by atoms with Crippen LogP contribution in [-0.4, -0.2) is 0 Å². The molecule has 1 fully saturated rings. The lowest BCUT2D eigenvalue weighted by Gasteiger charge is -2.17. The molecule has 22 heavy (non-hydrogen) atoms. The molecule has 0 heterocycles. The van der Waals surface area contributed by atoms with Crippen LogP contribution in [0.2, 0.25) is 0 Å². The Bertz CT molecular complexity index is 299. The maximum absolute atomic E-state index is 4.35. The van der Waals surface area contributed by atoms with Gasteiger partial charge in [-0.1, -0.05) is 95.9 Å². The van der Waals surface area contributed by atoms with Gasteiger partial charge in [0, 0.05) is 0 Å². The third-order valence-electron chi connectivity index (χ3n) is 5.32. The third kappa shape index (κ3) is 8.20. The first-order valence-electron chi connectivity index (χ1n) is 10.1. The van der Waals surface area contributed by atoms with Crippen LogP contribution in [0.3, 0.4) is 0 Å². The average Bonchev–Trinajstić information content (AvgIpc) is 2.87. The van der Waals surface area contributed by atoms with Crippen LogP contribution in [0.5, 0.6) is 0 Å². The quantitative estimate of drug-likeness (QED) is 0.240. The molecule has 0 amide bonds. The molecule has 0 aromatic carbocycles. The molecule has 0 aromatic rings. The normalized spacial score (nSPS) is 22.0. The lowest BCUT2D eigenvalue weighted by molar-refractivity contribution is 0.443. The number of allylic oxidation sites excluding steroid dienone is 3. The molecule has 0 aromatic heterocycles. The lowest BCUT2D eigenvalue weighted by atomic mass is 9.88. The predicted octanol–water partition coefficient (Wildman–Crippen LogP) is 7.85. The third-order valence-corrected chi connectivity index (χ3v) is 5.32. The number of hydrogen-bond acceptors (Lipinski definition) is 0. The average molecular weight is 305 g/mol. The van der Waals surface area contributed by atoms with Crippen molar-refractivity contribution in [3.8, 4) is 0 Å². The van der Waals surface area contributed by atoms with Gasteiger partial charge in [-0.05, 0) is 43.9 Å². The summed E-state index contributed by atoms with van der Waals surface area (Å²) in [4.78, 5) is 0. The van der Waals surface area contributed by atoms with Gasteiger partial charge < -0.3 is 0 Å². The zero-order valence-corrected chi connectivity index (χ0v) is 15.4. The summed E-state index contributed by atoms with van der Waals surface area (Å²) < 4.78 is 0. The SMILES string of the molecule is C=C1CCC(/C=C/CCCCC)C1CCCCCCCCC. The minimum atomic E-state index is 0.790. The summed E-state index contributed by atoms with van der Waals surface area (Å²) in [5.74, 6) is 1.59. The first kappa shape index (κ1) is 19.5. The Morgan fingerprint density at radius 2 is 1.55 bits per heavy atom. The van der Waals surface area contributed by atoms with Crippen molar-refractivity contribution in [1.29, 1.82) is 0 Å². The molecule has 1 aliphatic carbocycles. The topological polar surface area (TPSA) is 0 Å². The maximum atomic E-state index is 4.35. The highest BCUT2D eigenvalue weighted by molar-refractivity contribution is 5.13. The van der Waals surface area contributed by atoms with Crippen molar-refractivity contribution < 1.29 is 0 Å². The van der Waals surface area contributed by atoms with Gasteiger partial charge in [0.1, 0.15) is 0 Å². The highest BCUT2D eigenvalue weighted by Crippen LogP contribution is 2.39. The summed E-state index contributed by atoms with van der Waals surface area (Å²) in [5.41, 5.74) is 1.54. The number of rotatable bonds is 13. The fourth-order valence-corrected chi connectivity index (χ4v) is 3.79. The number of hydrogen-bond donors (Lipinski definition) is 0. The molecule has 0 spiro atoms. The molecule has 1 aliphatic rings. The maximum Gasteiger partial charge on any atom is -0.0143 e. The van der Waals surface area contributed by atoms with Crippen LogP contribution in [0.1, 0.15) is 104 Å². The molecule has 0 nitrogen and oxygen atoms in total. The van der Waals surface area contributed by atoms with Crippen molar-refractivity contribution in [3.63, 3.8) is 0 Å². The van der Waals surface area contributed by atoms with Crippen LogP contribution in [0, 0.1) is 11.8 Å². The molecule has 0 saturated heterocycles. The van der Waals surface area contributed by atoms with E-state index in [9.17, 15) is 0 Å². The summed E-state index contributed by atoms with van der Waals surface area (Å²) in [6.07, 6.45) is 24.3. The molecular weight excluding hydrogens is 264 g/mol. The molecule has 0 N–H and O–H groups in total. The van der Waals surface area contributed by atoms with Crippen LogP contribution in [0.4, 0.5) is 0 Å². The molecule has 0 aliphatic heterocycles. The van der Waals surface area contributed by atoms with Crippen molar-refractivity contribution in [2.24, 2.45) is 11.8 Å². The van der Waals surface area contributed by atoms with E-state index >= 15 is 0 Å². The molecule has 128 valence electrons. The molecule has 2 atom stereocenters. The highest BCUT2D eigenvalue weighted by atomic mass is 14.3. The lowest BCUT2D eigenvalue weighted by Crippen LogP contribution is -2.06.